The lowest BCUT2D eigenvalue weighted by Gasteiger charge is -2.19. The molecule has 0 radical (unpaired) electrons. The van der Waals surface area contributed by atoms with Gasteiger partial charge >= 0.3 is 0 Å². The van der Waals surface area contributed by atoms with Crippen LogP contribution >= 0.6 is 0 Å². The van der Waals surface area contributed by atoms with Crippen molar-refractivity contribution in [1.29, 1.82) is 0 Å². The molecule has 4 heteroatoms. The van der Waals surface area contributed by atoms with E-state index in [0.717, 1.165) is 5.69 Å². The first kappa shape index (κ1) is 12.8. The third kappa shape index (κ3) is 3.17. The second kappa shape index (κ2) is 4.90. The number of aromatic nitrogens is 2. The minimum absolute atomic E-state index is 0.0434. The molecule has 0 aliphatic rings. The van der Waals surface area contributed by atoms with Gasteiger partial charge in [-0.05, 0) is 39.0 Å². The van der Waals surface area contributed by atoms with Gasteiger partial charge in [-0.15, -0.1) is 0 Å². The average Bonchev–Trinajstić information content (AvgIpc) is 2.75. The Hall–Kier alpha value is -1.68. The van der Waals surface area contributed by atoms with Gasteiger partial charge in [0, 0.05) is 18.3 Å². The summed E-state index contributed by atoms with van der Waals surface area (Å²) >= 11 is 0. The summed E-state index contributed by atoms with van der Waals surface area (Å²) in [4.78, 5) is 0. The molecule has 1 heterocycles. The zero-order valence-electron chi connectivity index (χ0n) is 10.9. The normalized spacial score (nSPS) is 11.8. The fourth-order valence-corrected chi connectivity index (χ4v) is 1.58. The molecule has 0 saturated carbocycles. The maximum Gasteiger partial charge on any atom is 0.148 e. The molecule has 0 fully saturated rings. The smallest absolute Gasteiger partial charge is 0.148 e. The lowest BCUT2D eigenvalue weighted by atomic mass is 10.1. The summed E-state index contributed by atoms with van der Waals surface area (Å²) in [5, 5.41) is 7.71. The van der Waals surface area contributed by atoms with E-state index >= 15 is 0 Å². The van der Waals surface area contributed by atoms with Crippen LogP contribution in [0.1, 0.15) is 26.5 Å². The molecule has 0 atom stereocenters. The van der Waals surface area contributed by atoms with Gasteiger partial charge in [0.2, 0.25) is 0 Å². The van der Waals surface area contributed by atoms with Crippen LogP contribution in [0.4, 0.5) is 4.39 Å². The molecule has 0 amide bonds. The van der Waals surface area contributed by atoms with Crippen molar-refractivity contribution in [2.45, 2.75) is 32.9 Å². The molecule has 2 rings (SSSR count). The zero-order chi connectivity index (χ0) is 13.2. The van der Waals surface area contributed by atoms with E-state index in [1.54, 1.807) is 29.1 Å². The predicted molar refractivity (Wildman–Crippen MR) is 70.1 cm³/mol. The highest BCUT2D eigenvalue weighted by Crippen LogP contribution is 2.12. The van der Waals surface area contributed by atoms with Crippen LogP contribution in [0, 0.1) is 5.82 Å². The molecule has 1 aromatic heterocycles. The molecule has 0 spiro atoms. The van der Waals surface area contributed by atoms with Gasteiger partial charge in [0.15, 0.2) is 0 Å². The van der Waals surface area contributed by atoms with Crippen molar-refractivity contribution in [2.75, 3.05) is 0 Å². The first-order valence-corrected chi connectivity index (χ1v) is 6.00. The van der Waals surface area contributed by atoms with Gasteiger partial charge in [-0.2, -0.15) is 5.10 Å². The Labute approximate surface area is 107 Å². The first-order valence-electron chi connectivity index (χ1n) is 6.00. The van der Waals surface area contributed by atoms with E-state index in [-0.39, 0.29) is 11.4 Å². The molecule has 0 saturated heterocycles. The summed E-state index contributed by atoms with van der Waals surface area (Å²) in [5.74, 6) is -0.268. The van der Waals surface area contributed by atoms with E-state index in [9.17, 15) is 4.39 Å². The standard InChI is InChI=1S/C14H18FN3/c1-14(2,3)16-10-11-8-9-18(17-11)13-7-5-4-6-12(13)15/h4-9,16H,10H2,1-3H3. The number of hydrogen-bond donors (Lipinski definition) is 1. The van der Waals surface area contributed by atoms with Crippen LogP contribution in [-0.4, -0.2) is 15.3 Å². The van der Waals surface area contributed by atoms with Gasteiger partial charge < -0.3 is 5.32 Å². The molecular formula is C14H18FN3. The first-order chi connectivity index (χ1) is 8.46. The van der Waals surface area contributed by atoms with E-state index in [4.69, 9.17) is 0 Å². The number of nitrogens with zero attached hydrogens (tertiary/aromatic N) is 2. The maximum absolute atomic E-state index is 13.6. The van der Waals surface area contributed by atoms with Gasteiger partial charge in [0.05, 0.1) is 5.69 Å². The largest absolute Gasteiger partial charge is 0.306 e. The van der Waals surface area contributed by atoms with E-state index in [2.05, 4.69) is 31.2 Å². The van der Waals surface area contributed by atoms with Crippen LogP contribution in [0.5, 0.6) is 0 Å². The lowest BCUT2D eigenvalue weighted by Crippen LogP contribution is -2.35. The molecule has 18 heavy (non-hydrogen) atoms. The number of halogens is 1. The number of nitrogens with one attached hydrogen (secondary N) is 1. The zero-order valence-corrected chi connectivity index (χ0v) is 10.9. The summed E-state index contributed by atoms with van der Waals surface area (Å²) in [6.45, 7) is 6.97. The highest BCUT2D eigenvalue weighted by molar-refractivity contribution is 5.32. The van der Waals surface area contributed by atoms with Gasteiger partial charge in [0.25, 0.3) is 0 Å². The maximum atomic E-state index is 13.6. The van der Waals surface area contributed by atoms with Crippen LogP contribution in [0.2, 0.25) is 0 Å². The molecular weight excluding hydrogens is 229 g/mol. The fourth-order valence-electron chi connectivity index (χ4n) is 1.58. The Morgan fingerprint density at radius 3 is 2.61 bits per heavy atom. The Morgan fingerprint density at radius 2 is 1.94 bits per heavy atom. The van der Waals surface area contributed by atoms with Gasteiger partial charge in [-0.25, -0.2) is 9.07 Å². The number of rotatable bonds is 3. The summed E-state index contributed by atoms with van der Waals surface area (Å²) in [6.07, 6.45) is 1.78. The van der Waals surface area contributed by atoms with Crippen LogP contribution in [0.25, 0.3) is 5.69 Å². The average molecular weight is 247 g/mol. The predicted octanol–water partition coefficient (Wildman–Crippen LogP) is 2.90. The minimum Gasteiger partial charge on any atom is -0.306 e. The Morgan fingerprint density at radius 1 is 1.22 bits per heavy atom. The third-order valence-electron chi connectivity index (χ3n) is 2.54. The topological polar surface area (TPSA) is 29.9 Å². The molecule has 1 N–H and O–H groups in total. The van der Waals surface area contributed by atoms with Crippen molar-refractivity contribution in [1.82, 2.24) is 15.1 Å². The molecule has 0 bridgehead atoms. The summed E-state index contributed by atoms with van der Waals surface area (Å²) in [6, 6.07) is 8.51. The quantitative estimate of drug-likeness (QED) is 0.903. The van der Waals surface area contributed by atoms with Gasteiger partial charge in [-0.1, -0.05) is 12.1 Å². The van der Waals surface area contributed by atoms with Crippen molar-refractivity contribution in [3.63, 3.8) is 0 Å². The fraction of sp³-hybridized carbons (Fsp3) is 0.357. The second-order valence-corrected chi connectivity index (χ2v) is 5.31. The van der Waals surface area contributed by atoms with E-state index in [0.29, 0.717) is 12.2 Å². The molecule has 0 aliphatic heterocycles. The number of para-hydroxylation sites is 1. The lowest BCUT2D eigenvalue weighted by molar-refractivity contribution is 0.420. The SMILES string of the molecule is CC(C)(C)NCc1ccn(-c2ccccc2F)n1. The van der Waals surface area contributed by atoms with E-state index < -0.39 is 0 Å². The monoisotopic (exact) mass is 247 g/mol. The van der Waals surface area contributed by atoms with Crippen molar-refractivity contribution < 1.29 is 4.39 Å². The minimum atomic E-state index is -0.268. The Balaban J connectivity index is 2.14. The van der Waals surface area contributed by atoms with Crippen LogP contribution in [0.3, 0.4) is 0 Å². The summed E-state index contributed by atoms with van der Waals surface area (Å²) in [5.41, 5.74) is 1.41. The molecule has 96 valence electrons. The van der Waals surface area contributed by atoms with Crippen molar-refractivity contribution in [3.8, 4) is 5.69 Å². The Bertz CT molecular complexity index is 526. The van der Waals surface area contributed by atoms with Crippen molar-refractivity contribution >= 4 is 0 Å². The molecule has 2 aromatic rings. The third-order valence-corrected chi connectivity index (χ3v) is 2.54. The van der Waals surface area contributed by atoms with E-state index in [1.165, 1.54) is 6.07 Å². The van der Waals surface area contributed by atoms with E-state index in [1.807, 2.05) is 6.07 Å². The number of hydrogen-bond acceptors (Lipinski definition) is 2. The second-order valence-electron chi connectivity index (χ2n) is 5.31. The molecule has 0 aliphatic carbocycles. The van der Waals surface area contributed by atoms with Gasteiger partial charge in [-0.3, -0.25) is 0 Å². The van der Waals surface area contributed by atoms with Crippen molar-refractivity contribution in [3.05, 3.63) is 48.0 Å². The highest BCUT2D eigenvalue weighted by Gasteiger charge is 2.10. The number of benzene rings is 1. The summed E-state index contributed by atoms with van der Waals surface area (Å²) in [7, 11) is 0. The van der Waals surface area contributed by atoms with Gasteiger partial charge in [0.1, 0.15) is 11.5 Å². The molecule has 1 aromatic carbocycles. The van der Waals surface area contributed by atoms with Crippen molar-refractivity contribution in [2.24, 2.45) is 0 Å². The van der Waals surface area contributed by atoms with Crippen LogP contribution in [0.15, 0.2) is 36.5 Å². The van der Waals surface area contributed by atoms with Crippen LogP contribution < -0.4 is 5.32 Å². The Kier molecular flexibility index (Phi) is 3.48. The van der Waals surface area contributed by atoms with Crippen LogP contribution in [-0.2, 0) is 6.54 Å². The molecule has 0 unspecified atom stereocenters. The molecule has 3 nitrogen and oxygen atoms in total. The summed E-state index contributed by atoms with van der Waals surface area (Å²) < 4.78 is 15.1. The highest BCUT2D eigenvalue weighted by atomic mass is 19.1.